The lowest BCUT2D eigenvalue weighted by atomic mass is 10.2. The minimum Gasteiger partial charge on any atom is -0.490 e. The molecule has 0 atom stereocenters. The molecule has 2 aliphatic rings. The third kappa shape index (κ3) is 5.57. The molecule has 2 aliphatic heterocycles. The normalized spacial score (nSPS) is 17.6. The Labute approximate surface area is 188 Å². The lowest BCUT2D eigenvalue weighted by Gasteiger charge is -2.32. The molecule has 8 heteroatoms. The standard InChI is InChI=1S/C24H26N2O5S/c27-24(10-8-21-7-9-22-23(19-21)31-17-4-16-30-22)25-12-14-26(15-13-25)32(28,29)18-11-20-5-2-1-3-6-20/h1-3,5-11,18-19H,4,12-17H2. The number of carbonyl (C=O) groups excluding carboxylic acids is 1. The Morgan fingerprint density at radius 2 is 1.56 bits per heavy atom. The summed E-state index contributed by atoms with van der Waals surface area (Å²) in [6.45, 7) is 2.47. The van der Waals surface area contributed by atoms with Gasteiger partial charge in [0.05, 0.1) is 13.2 Å². The quantitative estimate of drug-likeness (QED) is 0.650. The first-order valence-corrected chi connectivity index (χ1v) is 12.1. The number of sulfonamides is 1. The molecule has 168 valence electrons. The highest BCUT2D eigenvalue weighted by molar-refractivity contribution is 7.92. The summed E-state index contributed by atoms with van der Waals surface area (Å²) in [5, 5.41) is 1.23. The molecule has 0 unspecified atom stereocenters. The van der Waals surface area contributed by atoms with Crippen LogP contribution in [0.25, 0.3) is 12.2 Å². The highest BCUT2D eigenvalue weighted by Gasteiger charge is 2.26. The first kappa shape index (κ1) is 22.1. The number of piperazine rings is 1. The number of carbonyl (C=O) groups is 1. The summed E-state index contributed by atoms with van der Waals surface area (Å²) in [5.41, 5.74) is 1.67. The van der Waals surface area contributed by atoms with E-state index in [1.807, 2.05) is 48.5 Å². The number of rotatable bonds is 5. The summed E-state index contributed by atoms with van der Waals surface area (Å²) in [6.07, 6.45) is 5.67. The molecule has 0 aliphatic carbocycles. The fourth-order valence-corrected chi connectivity index (χ4v) is 4.71. The highest BCUT2D eigenvalue weighted by Crippen LogP contribution is 2.30. The Hall–Kier alpha value is -3.10. The monoisotopic (exact) mass is 454 g/mol. The van der Waals surface area contributed by atoms with Crippen LogP contribution in [0.15, 0.2) is 60.0 Å². The lowest BCUT2D eigenvalue weighted by molar-refractivity contribution is -0.127. The van der Waals surface area contributed by atoms with E-state index < -0.39 is 10.0 Å². The molecule has 1 fully saturated rings. The Kier molecular flexibility index (Phi) is 6.92. The topological polar surface area (TPSA) is 76.2 Å². The molecule has 0 aromatic heterocycles. The first-order chi connectivity index (χ1) is 15.5. The van der Waals surface area contributed by atoms with Crippen molar-refractivity contribution in [3.63, 3.8) is 0 Å². The fourth-order valence-electron chi connectivity index (χ4n) is 3.53. The largest absolute Gasteiger partial charge is 0.490 e. The van der Waals surface area contributed by atoms with Crippen molar-refractivity contribution in [3.8, 4) is 11.5 Å². The summed E-state index contributed by atoms with van der Waals surface area (Å²) in [6, 6.07) is 14.9. The first-order valence-electron chi connectivity index (χ1n) is 10.6. The van der Waals surface area contributed by atoms with Gasteiger partial charge in [-0.2, -0.15) is 4.31 Å². The Balaban J connectivity index is 1.32. The molecule has 0 radical (unpaired) electrons. The van der Waals surface area contributed by atoms with E-state index in [1.165, 1.54) is 15.8 Å². The third-order valence-corrected chi connectivity index (χ3v) is 6.90. The van der Waals surface area contributed by atoms with Crippen molar-refractivity contribution < 1.29 is 22.7 Å². The smallest absolute Gasteiger partial charge is 0.246 e. The molecule has 7 nitrogen and oxygen atoms in total. The molecule has 2 heterocycles. The molecule has 0 bridgehead atoms. The van der Waals surface area contributed by atoms with Crippen molar-refractivity contribution in [3.05, 3.63) is 71.1 Å². The van der Waals surface area contributed by atoms with Crippen LogP contribution >= 0.6 is 0 Å². The molecular weight excluding hydrogens is 428 g/mol. The van der Waals surface area contributed by atoms with Crippen LogP contribution < -0.4 is 9.47 Å². The summed E-state index contributed by atoms with van der Waals surface area (Å²) in [5.74, 6) is 1.25. The van der Waals surface area contributed by atoms with E-state index in [4.69, 9.17) is 9.47 Å². The minimum atomic E-state index is -3.53. The fraction of sp³-hybridized carbons (Fsp3) is 0.292. The summed E-state index contributed by atoms with van der Waals surface area (Å²) in [4.78, 5) is 14.2. The molecular formula is C24H26N2O5S. The second-order valence-corrected chi connectivity index (χ2v) is 9.39. The van der Waals surface area contributed by atoms with Crippen LogP contribution in [0.2, 0.25) is 0 Å². The van der Waals surface area contributed by atoms with Crippen molar-refractivity contribution >= 4 is 28.1 Å². The predicted molar refractivity (Wildman–Crippen MR) is 124 cm³/mol. The maximum atomic E-state index is 12.6. The van der Waals surface area contributed by atoms with E-state index in [0.717, 1.165) is 17.5 Å². The van der Waals surface area contributed by atoms with Gasteiger partial charge in [0.15, 0.2) is 11.5 Å². The third-order valence-electron chi connectivity index (χ3n) is 5.33. The van der Waals surface area contributed by atoms with E-state index in [-0.39, 0.29) is 19.0 Å². The van der Waals surface area contributed by atoms with Crippen LogP contribution in [0.3, 0.4) is 0 Å². The van der Waals surface area contributed by atoms with E-state index in [9.17, 15) is 13.2 Å². The summed E-state index contributed by atoms with van der Waals surface area (Å²) < 4.78 is 37.9. The van der Waals surface area contributed by atoms with Gasteiger partial charge in [0, 0.05) is 44.1 Å². The Bertz CT molecular complexity index is 1100. The number of nitrogens with zero attached hydrogens (tertiary/aromatic N) is 2. The van der Waals surface area contributed by atoms with Crippen molar-refractivity contribution in [1.82, 2.24) is 9.21 Å². The lowest BCUT2D eigenvalue weighted by Crippen LogP contribution is -2.49. The number of fused-ring (bicyclic) bond motifs is 1. The van der Waals surface area contributed by atoms with Gasteiger partial charge in [0.2, 0.25) is 15.9 Å². The zero-order valence-corrected chi connectivity index (χ0v) is 18.5. The minimum absolute atomic E-state index is 0.144. The molecule has 2 aromatic carbocycles. The second kappa shape index (κ2) is 10.0. The maximum Gasteiger partial charge on any atom is 0.246 e. The van der Waals surface area contributed by atoms with Crippen LogP contribution in [-0.2, 0) is 14.8 Å². The van der Waals surface area contributed by atoms with Crippen LogP contribution in [0, 0.1) is 0 Å². The van der Waals surface area contributed by atoms with E-state index >= 15 is 0 Å². The Morgan fingerprint density at radius 1 is 0.844 bits per heavy atom. The van der Waals surface area contributed by atoms with Gasteiger partial charge in [-0.15, -0.1) is 0 Å². The van der Waals surface area contributed by atoms with Crippen LogP contribution in [0.1, 0.15) is 17.5 Å². The van der Waals surface area contributed by atoms with Crippen LogP contribution in [0.4, 0.5) is 0 Å². The van der Waals surface area contributed by atoms with Gasteiger partial charge in [-0.25, -0.2) is 8.42 Å². The van der Waals surface area contributed by atoms with Crippen molar-refractivity contribution in [2.75, 3.05) is 39.4 Å². The Morgan fingerprint density at radius 3 is 2.31 bits per heavy atom. The highest BCUT2D eigenvalue weighted by atomic mass is 32.2. The van der Waals surface area contributed by atoms with E-state index in [1.54, 1.807) is 17.1 Å². The average Bonchev–Trinajstić information content (AvgIpc) is 3.07. The van der Waals surface area contributed by atoms with Crippen molar-refractivity contribution in [2.24, 2.45) is 0 Å². The van der Waals surface area contributed by atoms with E-state index in [2.05, 4.69) is 0 Å². The average molecular weight is 455 g/mol. The van der Waals surface area contributed by atoms with Crippen LogP contribution in [0.5, 0.6) is 11.5 Å². The molecule has 32 heavy (non-hydrogen) atoms. The predicted octanol–water partition coefficient (Wildman–Crippen LogP) is 3.01. The van der Waals surface area contributed by atoms with Gasteiger partial charge in [0.25, 0.3) is 0 Å². The molecule has 1 saturated heterocycles. The number of benzene rings is 2. The molecule has 4 rings (SSSR count). The molecule has 1 amide bonds. The zero-order chi connectivity index (χ0) is 22.4. The zero-order valence-electron chi connectivity index (χ0n) is 17.7. The molecule has 2 aromatic rings. The molecule has 0 saturated carbocycles. The molecule has 0 spiro atoms. The SMILES string of the molecule is O=C(C=Cc1ccc2c(c1)OCCCO2)N1CCN(S(=O)(=O)C=Cc2ccccc2)CC1. The van der Waals surface area contributed by atoms with E-state index in [0.29, 0.717) is 37.8 Å². The summed E-state index contributed by atoms with van der Waals surface area (Å²) >= 11 is 0. The number of hydrogen-bond acceptors (Lipinski definition) is 5. The summed E-state index contributed by atoms with van der Waals surface area (Å²) in [7, 11) is -3.53. The number of hydrogen-bond donors (Lipinski definition) is 0. The van der Waals surface area contributed by atoms with Gasteiger partial charge in [0.1, 0.15) is 0 Å². The van der Waals surface area contributed by atoms with Crippen molar-refractivity contribution in [1.29, 1.82) is 0 Å². The number of amides is 1. The number of ether oxygens (including phenoxy) is 2. The molecule has 0 N–H and O–H groups in total. The van der Waals surface area contributed by atoms with Crippen molar-refractivity contribution in [2.45, 2.75) is 6.42 Å². The second-order valence-electron chi connectivity index (χ2n) is 7.57. The van der Waals surface area contributed by atoms with Gasteiger partial charge in [-0.1, -0.05) is 36.4 Å². The van der Waals surface area contributed by atoms with Gasteiger partial charge >= 0.3 is 0 Å². The van der Waals surface area contributed by atoms with Gasteiger partial charge in [-0.3, -0.25) is 4.79 Å². The van der Waals surface area contributed by atoms with Gasteiger partial charge < -0.3 is 14.4 Å². The maximum absolute atomic E-state index is 12.6. The van der Waals surface area contributed by atoms with Crippen LogP contribution in [-0.4, -0.2) is 62.9 Å². The van der Waals surface area contributed by atoms with Gasteiger partial charge in [-0.05, 0) is 35.4 Å².